The number of anilines is 2. The summed E-state index contributed by atoms with van der Waals surface area (Å²) in [5.74, 6) is -0.136. The van der Waals surface area contributed by atoms with E-state index in [1.165, 1.54) is 0 Å². The summed E-state index contributed by atoms with van der Waals surface area (Å²) in [5, 5.41) is 3.77. The lowest BCUT2D eigenvalue weighted by Crippen LogP contribution is -2.13. The fourth-order valence-corrected chi connectivity index (χ4v) is 2.32. The van der Waals surface area contributed by atoms with Crippen molar-refractivity contribution in [1.82, 2.24) is 4.98 Å². The van der Waals surface area contributed by atoms with E-state index in [4.69, 9.17) is 5.73 Å². The molecule has 0 atom stereocenters. The number of hydrogen-bond donors (Lipinski definition) is 2. The molecule has 0 fully saturated rings. The SMILES string of the molecule is Cc1ccccc1C(=O)Nc1ccc(N)c2ncccc12. The van der Waals surface area contributed by atoms with Gasteiger partial charge in [0.25, 0.3) is 5.91 Å². The highest BCUT2D eigenvalue weighted by molar-refractivity contribution is 6.10. The lowest BCUT2D eigenvalue weighted by Gasteiger charge is -2.11. The highest BCUT2D eigenvalue weighted by Gasteiger charge is 2.11. The maximum absolute atomic E-state index is 12.4. The molecular weight excluding hydrogens is 262 g/mol. The summed E-state index contributed by atoms with van der Waals surface area (Å²) in [6.45, 7) is 1.91. The topological polar surface area (TPSA) is 68.0 Å². The molecule has 4 heteroatoms. The van der Waals surface area contributed by atoms with E-state index in [-0.39, 0.29) is 5.91 Å². The quantitative estimate of drug-likeness (QED) is 0.706. The van der Waals surface area contributed by atoms with Gasteiger partial charge in [-0.1, -0.05) is 18.2 Å². The summed E-state index contributed by atoms with van der Waals surface area (Å²) in [6.07, 6.45) is 1.69. The molecule has 0 bridgehead atoms. The van der Waals surface area contributed by atoms with Crippen molar-refractivity contribution in [3.05, 3.63) is 65.9 Å². The molecule has 4 nitrogen and oxygen atoms in total. The minimum absolute atomic E-state index is 0.136. The first-order valence-electron chi connectivity index (χ1n) is 6.67. The van der Waals surface area contributed by atoms with Gasteiger partial charge < -0.3 is 11.1 Å². The van der Waals surface area contributed by atoms with E-state index in [0.29, 0.717) is 22.5 Å². The molecule has 21 heavy (non-hydrogen) atoms. The summed E-state index contributed by atoms with van der Waals surface area (Å²) in [5.41, 5.74) is 9.51. The van der Waals surface area contributed by atoms with Crippen LogP contribution in [-0.4, -0.2) is 10.9 Å². The third-order valence-electron chi connectivity index (χ3n) is 3.44. The first-order chi connectivity index (χ1) is 10.2. The van der Waals surface area contributed by atoms with E-state index in [9.17, 15) is 4.79 Å². The summed E-state index contributed by atoms with van der Waals surface area (Å²) in [7, 11) is 0. The van der Waals surface area contributed by atoms with Crippen LogP contribution < -0.4 is 11.1 Å². The van der Waals surface area contributed by atoms with E-state index in [0.717, 1.165) is 10.9 Å². The zero-order chi connectivity index (χ0) is 14.8. The Bertz CT molecular complexity index is 827. The third-order valence-corrected chi connectivity index (χ3v) is 3.44. The van der Waals surface area contributed by atoms with E-state index >= 15 is 0 Å². The van der Waals surface area contributed by atoms with Gasteiger partial charge in [0.15, 0.2) is 0 Å². The van der Waals surface area contributed by atoms with Gasteiger partial charge in [-0.05, 0) is 42.8 Å². The van der Waals surface area contributed by atoms with Crippen LogP contribution in [-0.2, 0) is 0 Å². The standard InChI is InChI=1S/C17H15N3O/c1-11-5-2-3-6-12(11)17(21)20-15-9-8-14(18)16-13(15)7-4-10-19-16/h2-10H,18H2,1H3,(H,20,21). The summed E-state index contributed by atoms with van der Waals surface area (Å²) in [6, 6.07) is 14.8. The number of nitrogen functional groups attached to an aromatic ring is 1. The number of fused-ring (bicyclic) bond motifs is 1. The second-order valence-electron chi connectivity index (χ2n) is 4.87. The van der Waals surface area contributed by atoms with E-state index in [2.05, 4.69) is 10.3 Å². The van der Waals surface area contributed by atoms with Crippen LogP contribution in [0.25, 0.3) is 10.9 Å². The predicted molar refractivity (Wildman–Crippen MR) is 85.3 cm³/mol. The van der Waals surface area contributed by atoms with Crippen molar-refractivity contribution in [1.29, 1.82) is 0 Å². The zero-order valence-electron chi connectivity index (χ0n) is 11.6. The van der Waals surface area contributed by atoms with Crippen LogP contribution in [0.2, 0.25) is 0 Å². The first kappa shape index (κ1) is 13.1. The average molecular weight is 277 g/mol. The molecular formula is C17H15N3O. The number of amides is 1. The van der Waals surface area contributed by atoms with Crippen LogP contribution in [0.3, 0.4) is 0 Å². The molecule has 0 aliphatic rings. The lowest BCUT2D eigenvalue weighted by molar-refractivity contribution is 0.102. The number of carbonyl (C=O) groups excluding carboxylic acids is 1. The Kier molecular flexibility index (Phi) is 3.28. The molecule has 1 amide bonds. The van der Waals surface area contributed by atoms with Gasteiger partial charge in [-0.3, -0.25) is 9.78 Å². The van der Waals surface area contributed by atoms with Gasteiger partial charge >= 0.3 is 0 Å². The molecule has 3 N–H and O–H groups in total. The number of pyridine rings is 1. The Morgan fingerprint density at radius 3 is 2.71 bits per heavy atom. The number of benzene rings is 2. The number of nitrogens with two attached hydrogens (primary N) is 1. The van der Waals surface area contributed by atoms with Crippen LogP contribution in [0.1, 0.15) is 15.9 Å². The fraction of sp³-hybridized carbons (Fsp3) is 0.0588. The zero-order valence-corrected chi connectivity index (χ0v) is 11.6. The number of nitrogens with zero attached hydrogens (tertiary/aromatic N) is 1. The number of carbonyl (C=O) groups is 1. The first-order valence-corrected chi connectivity index (χ1v) is 6.67. The molecule has 0 radical (unpaired) electrons. The Balaban J connectivity index is 2.01. The smallest absolute Gasteiger partial charge is 0.255 e. The van der Waals surface area contributed by atoms with Crippen LogP contribution in [0.4, 0.5) is 11.4 Å². The summed E-state index contributed by atoms with van der Waals surface area (Å²) < 4.78 is 0. The molecule has 104 valence electrons. The van der Waals surface area contributed by atoms with Crippen molar-refractivity contribution < 1.29 is 4.79 Å². The maximum Gasteiger partial charge on any atom is 0.255 e. The van der Waals surface area contributed by atoms with Crippen LogP contribution in [0.5, 0.6) is 0 Å². The average Bonchev–Trinajstić information content (AvgIpc) is 2.51. The minimum Gasteiger partial charge on any atom is -0.397 e. The molecule has 2 aromatic carbocycles. The number of aryl methyl sites for hydroxylation is 1. The Labute approximate surface area is 122 Å². The van der Waals surface area contributed by atoms with E-state index < -0.39 is 0 Å². The van der Waals surface area contributed by atoms with Gasteiger partial charge in [-0.25, -0.2) is 0 Å². The molecule has 0 saturated carbocycles. The van der Waals surface area contributed by atoms with Crippen LogP contribution >= 0.6 is 0 Å². The Morgan fingerprint density at radius 2 is 1.90 bits per heavy atom. The molecule has 3 rings (SSSR count). The second-order valence-corrected chi connectivity index (χ2v) is 4.87. The molecule has 0 saturated heterocycles. The largest absolute Gasteiger partial charge is 0.397 e. The van der Waals surface area contributed by atoms with Crippen molar-refractivity contribution in [3.63, 3.8) is 0 Å². The Hall–Kier alpha value is -2.88. The molecule has 0 spiro atoms. The third kappa shape index (κ3) is 2.43. The highest BCUT2D eigenvalue weighted by Crippen LogP contribution is 2.26. The highest BCUT2D eigenvalue weighted by atomic mass is 16.1. The molecule has 0 aliphatic heterocycles. The van der Waals surface area contributed by atoms with E-state index in [1.54, 1.807) is 18.3 Å². The van der Waals surface area contributed by atoms with Gasteiger partial charge in [0.05, 0.1) is 16.9 Å². The van der Waals surface area contributed by atoms with E-state index in [1.807, 2.05) is 43.3 Å². The number of rotatable bonds is 2. The molecule has 0 aliphatic carbocycles. The number of hydrogen-bond acceptors (Lipinski definition) is 3. The maximum atomic E-state index is 12.4. The lowest BCUT2D eigenvalue weighted by atomic mass is 10.1. The normalized spacial score (nSPS) is 10.5. The van der Waals surface area contributed by atoms with Crippen LogP contribution in [0, 0.1) is 6.92 Å². The fourth-order valence-electron chi connectivity index (χ4n) is 2.32. The van der Waals surface area contributed by atoms with Gasteiger partial charge in [0, 0.05) is 17.1 Å². The minimum atomic E-state index is -0.136. The predicted octanol–water partition coefficient (Wildman–Crippen LogP) is 3.38. The molecule has 3 aromatic rings. The second kappa shape index (κ2) is 5.25. The number of aromatic nitrogens is 1. The van der Waals surface area contributed by atoms with Gasteiger partial charge in [0.1, 0.15) is 0 Å². The van der Waals surface area contributed by atoms with Crippen LogP contribution in [0.15, 0.2) is 54.7 Å². The monoisotopic (exact) mass is 277 g/mol. The van der Waals surface area contributed by atoms with Crippen molar-refractivity contribution >= 4 is 28.2 Å². The van der Waals surface area contributed by atoms with Crippen molar-refractivity contribution in [2.75, 3.05) is 11.1 Å². The Morgan fingerprint density at radius 1 is 1.10 bits per heavy atom. The molecule has 1 heterocycles. The number of nitrogens with one attached hydrogen (secondary N) is 1. The van der Waals surface area contributed by atoms with Gasteiger partial charge in [-0.2, -0.15) is 0 Å². The van der Waals surface area contributed by atoms with Crippen molar-refractivity contribution in [3.8, 4) is 0 Å². The van der Waals surface area contributed by atoms with Crippen molar-refractivity contribution in [2.45, 2.75) is 6.92 Å². The van der Waals surface area contributed by atoms with Gasteiger partial charge in [0.2, 0.25) is 0 Å². The van der Waals surface area contributed by atoms with Gasteiger partial charge in [-0.15, -0.1) is 0 Å². The molecule has 1 aromatic heterocycles. The molecule has 0 unspecified atom stereocenters. The summed E-state index contributed by atoms with van der Waals surface area (Å²) >= 11 is 0. The summed E-state index contributed by atoms with van der Waals surface area (Å²) in [4.78, 5) is 16.7. The van der Waals surface area contributed by atoms with Crippen molar-refractivity contribution in [2.24, 2.45) is 0 Å².